The van der Waals surface area contributed by atoms with E-state index in [2.05, 4.69) is 4.99 Å². The first-order valence-electron chi connectivity index (χ1n) is 8.11. The van der Waals surface area contributed by atoms with E-state index in [1.807, 2.05) is 65.0 Å². The lowest BCUT2D eigenvalue weighted by atomic mass is 9.83. The fourth-order valence-electron chi connectivity index (χ4n) is 2.59. The summed E-state index contributed by atoms with van der Waals surface area (Å²) in [6.45, 7) is 9.28. The van der Waals surface area contributed by atoms with Crippen LogP contribution in [0.1, 0.15) is 52.6 Å². The molecule has 0 saturated heterocycles. The number of hydrogen-bond donors (Lipinski definition) is 0. The molecule has 24 heavy (non-hydrogen) atoms. The maximum absolute atomic E-state index is 12.2. The van der Waals surface area contributed by atoms with E-state index in [0.29, 0.717) is 0 Å². The SMILES string of the molecule is CC(C)(C)OC(=O)CC(C)(C)C1=NC(c2ccccc2)COC1=O. The molecular formula is C19H25NO4. The van der Waals surface area contributed by atoms with Gasteiger partial charge >= 0.3 is 11.9 Å². The van der Waals surface area contributed by atoms with Crippen molar-refractivity contribution in [2.75, 3.05) is 6.61 Å². The first-order valence-corrected chi connectivity index (χ1v) is 8.11. The third kappa shape index (κ3) is 4.66. The largest absolute Gasteiger partial charge is 0.460 e. The average molecular weight is 331 g/mol. The maximum atomic E-state index is 12.2. The molecule has 1 aliphatic rings. The number of nitrogens with zero attached hydrogens (tertiary/aromatic N) is 1. The Balaban J connectivity index is 2.21. The molecule has 0 spiro atoms. The van der Waals surface area contributed by atoms with Gasteiger partial charge in [0.15, 0.2) is 0 Å². The maximum Gasteiger partial charge on any atom is 0.352 e. The Labute approximate surface area is 143 Å². The Morgan fingerprint density at radius 2 is 1.83 bits per heavy atom. The molecule has 1 aromatic carbocycles. The lowest BCUT2D eigenvalue weighted by Gasteiger charge is -2.30. The average Bonchev–Trinajstić information content (AvgIpc) is 2.45. The van der Waals surface area contributed by atoms with E-state index >= 15 is 0 Å². The standard InChI is InChI=1S/C19H25NO4/c1-18(2,3)24-15(21)11-19(4,5)16-17(22)23-12-14(20-16)13-9-7-6-8-10-13/h6-10,14H,11-12H2,1-5H3. The van der Waals surface area contributed by atoms with Gasteiger partial charge in [-0.1, -0.05) is 44.2 Å². The van der Waals surface area contributed by atoms with Crippen molar-refractivity contribution >= 4 is 17.7 Å². The molecular weight excluding hydrogens is 306 g/mol. The summed E-state index contributed by atoms with van der Waals surface area (Å²) in [7, 11) is 0. The number of hydrogen-bond acceptors (Lipinski definition) is 5. The number of ether oxygens (including phenoxy) is 2. The third-order valence-electron chi connectivity index (χ3n) is 3.68. The predicted molar refractivity (Wildman–Crippen MR) is 91.8 cm³/mol. The molecule has 1 aromatic rings. The highest BCUT2D eigenvalue weighted by Crippen LogP contribution is 2.31. The quantitative estimate of drug-likeness (QED) is 0.792. The molecule has 1 aliphatic heterocycles. The molecule has 0 amide bonds. The second kappa shape index (κ2) is 6.75. The van der Waals surface area contributed by atoms with Gasteiger partial charge in [0.1, 0.15) is 24.0 Å². The summed E-state index contributed by atoms with van der Waals surface area (Å²) in [6, 6.07) is 9.43. The van der Waals surface area contributed by atoms with Crippen LogP contribution in [0, 0.1) is 5.41 Å². The van der Waals surface area contributed by atoms with Crippen LogP contribution in [-0.2, 0) is 19.1 Å². The number of carbonyl (C=O) groups is 2. The highest BCUT2D eigenvalue weighted by atomic mass is 16.6. The van der Waals surface area contributed by atoms with Crippen LogP contribution in [0.2, 0.25) is 0 Å². The molecule has 0 saturated carbocycles. The fraction of sp³-hybridized carbons (Fsp3) is 0.526. The van der Waals surface area contributed by atoms with Gasteiger partial charge in [0.05, 0.1) is 6.42 Å². The third-order valence-corrected chi connectivity index (χ3v) is 3.68. The summed E-state index contributed by atoms with van der Waals surface area (Å²) in [5.74, 6) is -0.819. The zero-order chi connectivity index (χ0) is 18.0. The van der Waals surface area contributed by atoms with Gasteiger partial charge in [-0.2, -0.15) is 0 Å². The lowest BCUT2D eigenvalue weighted by molar-refractivity contribution is -0.156. The Bertz CT molecular complexity index is 641. The Morgan fingerprint density at radius 1 is 1.21 bits per heavy atom. The topological polar surface area (TPSA) is 65.0 Å². The molecule has 0 fully saturated rings. The van der Waals surface area contributed by atoms with Gasteiger partial charge in [-0.3, -0.25) is 9.79 Å². The number of rotatable bonds is 4. The monoisotopic (exact) mass is 331 g/mol. The molecule has 0 aromatic heterocycles. The summed E-state index contributed by atoms with van der Waals surface area (Å²) in [4.78, 5) is 28.9. The first-order chi connectivity index (χ1) is 11.1. The zero-order valence-electron chi connectivity index (χ0n) is 15.0. The molecule has 0 aliphatic carbocycles. The van der Waals surface area contributed by atoms with Crippen LogP contribution in [0.4, 0.5) is 0 Å². The second-order valence-corrected chi connectivity index (χ2v) is 7.65. The van der Waals surface area contributed by atoms with E-state index in [4.69, 9.17) is 9.47 Å². The van der Waals surface area contributed by atoms with Crippen molar-refractivity contribution in [1.82, 2.24) is 0 Å². The number of carbonyl (C=O) groups excluding carboxylic acids is 2. The van der Waals surface area contributed by atoms with Crippen LogP contribution in [0.25, 0.3) is 0 Å². The van der Waals surface area contributed by atoms with Crippen molar-refractivity contribution in [3.8, 4) is 0 Å². The van der Waals surface area contributed by atoms with Gasteiger partial charge in [-0.15, -0.1) is 0 Å². The molecule has 0 bridgehead atoms. The summed E-state index contributed by atoms with van der Waals surface area (Å²) in [5, 5.41) is 0. The van der Waals surface area contributed by atoms with E-state index < -0.39 is 17.0 Å². The number of benzene rings is 1. The molecule has 0 N–H and O–H groups in total. The molecule has 5 nitrogen and oxygen atoms in total. The minimum atomic E-state index is -0.757. The Hall–Kier alpha value is -2.17. The van der Waals surface area contributed by atoms with Crippen LogP contribution in [0.3, 0.4) is 0 Å². The van der Waals surface area contributed by atoms with Crippen molar-refractivity contribution in [3.63, 3.8) is 0 Å². The lowest BCUT2D eigenvalue weighted by Crippen LogP contribution is -2.40. The van der Waals surface area contributed by atoms with Gasteiger partial charge in [0.2, 0.25) is 0 Å². The Kier molecular flexibility index (Phi) is 5.11. The summed E-state index contributed by atoms with van der Waals surface area (Å²) < 4.78 is 10.7. The smallest absolute Gasteiger partial charge is 0.352 e. The molecule has 130 valence electrons. The summed E-state index contributed by atoms with van der Waals surface area (Å²) in [6.07, 6.45) is 0.0692. The van der Waals surface area contributed by atoms with Crippen LogP contribution < -0.4 is 0 Å². The minimum absolute atomic E-state index is 0.0692. The molecule has 0 radical (unpaired) electrons. The zero-order valence-corrected chi connectivity index (χ0v) is 15.0. The van der Waals surface area contributed by atoms with E-state index in [1.165, 1.54) is 0 Å². The normalized spacial score (nSPS) is 18.6. The summed E-state index contributed by atoms with van der Waals surface area (Å²) in [5.41, 5.74) is -0.0503. The first kappa shape index (κ1) is 18.2. The van der Waals surface area contributed by atoms with Crippen LogP contribution in [0.15, 0.2) is 35.3 Å². The molecule has 5 heteroatoms. The van der Waals surface area contributed by atoms with Crippen LogP contribution >= 0.6 is 0 Å². The van der Waals surface area contributed by atoms with Crippen LogP contribution in [-0.4, -0.2) is 29.9 Å². The fourth-order valence-corrected chi connectivity index (χ4v) is 2.59. The summed E-state index contributed by atoms with van der Waals surface area (Å²) >= 11 is 0. The molecule has 1 unspecified atom stereocenters. The Morgan fingerprint density at radius 3 is 2.42 bits per heavy atom. The van der Waals surface area contributed by atoms with Crippen molar-refractivity contribution in [3.05, 3.63) is 35.9 Å². The number of cyclic esters (lactones) is 1. The van der Waals surface area contributed by atoms with Crippen molar-refractivity contribution in [2.24, 2.45) is 10.4 Å². The van der Waals surface area contributed by atoms with Crippen LogP contribution in [0.5, 0.6) is 0 Å². The molecule has 1 atom stereocenters. The van der Waals surface area contributed by atoms with E-state index in [-0.39, 0.29) is 30.8 Å². The molecule has 1 heterocycles. The van der Waals surface area contributed by atoms with Crippen molar-refractivity contribution < 1.29 is 19.1 Å². The second-order valence-electron chi connectivity index (χ2n) is 7.65. The highest BCUT2D eigenvalue weighted by molar-refractivity contribution is 6.39. The van der Waals surface area contributed by atoms with E-state index in [9.17, 15) is 9.59 Å². The van der Waals surface area contributed by atoms with Gasteiger partial charge < -0.3 is 9.47 Å². The van der Waals surface area contributed by atoms with Gasteiger partial charge in [-0.05, 0) is 26.3 Å². The van der Waals surface area contributed by atoms with Gasteiger partial charge in [0, 0.05) is 5.41 Å². The van der Waals surface area contributed by atoms with E-state index in [1.54, 1.807) is 0 Å². The number of aliphatic imine (C=N–C) groups is 1. The number of esters is 2. The highest BCUT2D eigenvalue weighted by Gasteiger charge is 2.38. The van der Waals surface area contributed by atoms with Crippen molar-refractivity contribution in [2.45, 2.75) is 52.7 Å². The van der Waals surface area contributed by atoms with Gasteiger partial charge in [-0.25, -0.2) is 4.79 Å². The van der Waals surface area contributed by atoms with E-state index in [0.717, 1.165) is 5.56 Å². The minimum Gasteiger partial charge on any atom is -0.460 e. The van der Waals surface area contributed by atoms with Crippen molar-refractivity contribution in [1.29, 1.82) is 0 Å². The predicted octanol–water partition coefficient (Wildman–Crippen LogP) is 3.48. The van der Waals surface area contributed by atoms with Gasteiger partial charge in [0.25, 0.3) is 0 Å². The molecule has 2 rings (SSSR count).